The van der Waals surface area contributed by atoms with Crippen LogP contribution in [0, 0.1) is 13.8 Å². The van der Waals surface area contributed by atoms with Gasteiger partial charge in [-0.15, -0.1) is 0 Å². The summed E-state index contributed by atoms with van der Waals surface area (Å²) in [5.74, 6) is 0.532. The molecular formula is C21H23N3O3. The third-order valence-electron chi connectivity index (χ3n) is 4.68. The number of anilines is 1. The van der Waals surface area contributed by atoms with Crippen molar-refractivity contribution < 1.29 is 14.0 Å². The van der Waals surface area contributed by atoms with Crippen molar-refractivity contribution in [1.29, 1.82) is 0 Å². The van der Waals surface area contributed by atoms with E-state index in [2.05, 4.69) is 16.0 Å². The lowest BCUT2D eigenvalue weighted by Gasteiger charge is -2.16. The number of carbonyl (C=O) groups is 2. The average Bonchev–Trinajstić information content (AvgIpc) is 3.00. The van der Waals surface area contributed by atoms with E-state index in [1.807, 2.05) is 38.1 Å². The van der Waals surface area contributed by atoms with Gasteiger partial charge in [0, 0.05) is 29.2 Å². The second kappa shape index (κ2) is 7.53. The summed E-state index contributed by atoms with van der Waals surface area (Å²) >= 11 is 0. The molecule has 0 aliphatic carbocycles. The first-order valence-corrected chi connectivity index (χ1v) is 8.79. The minimum atomic E-state index is -0.362. The maximum atomic E-state index is 12.5. The molecule has 27 heavy (non-hydrogen) atoms. The van der Waals surface area contributed by atoms with Gasteiger partial charge in [-0.25, -0.2) is 4.79 Å². The van der Waals surface area contributed by atoms with E-state index in [-0.39, 0.29) is 18.0 Å². The van der Waals surface area contributed by atoms with Crippen LogP contribution in [0.3, 0.4) is 0 Å². The molecule has 0 saturated carbocycles. The molecule has 3 aromatic rings. The number of rotatable bonds is 4. The highest BCUT2D eigenvalue weighted by Gasteiger charge is 2.19. The van der Waals surface area contributed by atoms with Crippen molar-refractivity contribution in [3.8, 4) is 0 Å². The van der Waals surface area contributed by atoms with Crippen molar-refractivity contribution in [2.24, 2.45) is 0 Å². The Morgan fingerprint density at radius 2 is 1.74 bits per heavy atom. The van der Waals surface area contributed by atoms with E-state index in [1.165, 1.54) is 0 Å². The SMILES string of the molecule is CNC(=O)c1cccc(NC(=O)NC(C)c2oc3ccccc3c2C)c1C. The summed E-state index contributed by atoms with van der Waals surface area (Å²) in [5, 5.41) is 9.34. The monoisotopic (exact) mass is 365 g/mol. The lowest BCUT2D eigenvalue weighted by atomic mass is 10.1. The molecule has 0 aliphatic heterocycles. The summed E-state index contributed by atoms with van der Waals surface area (Å²) in [5.41, 5.74) is 3.63. The topological polar surface area (TPSA) is 83.4 Å². The molecule has 1 atom stereocenters. The Labute approximate surface area is 157 Å². The summed E-state index contributed by atoms with van der Waals surface area (Å²) in [6, 6.07) is 12.3. The van der Waals surface area contributed by atoms with Gasteiger partial charge in [0.05, 0.1) is 6.04 Å². The Morgan fingerprint density at radius 3 is 2.44 bits per heavy atom. The van der Waals surface area contributed by atoms with Crippen LogP contribution in [-0.2, 0) is 0 Å². The van der Waals surface area contributed by atoms with E-state index in [4.69, 9.17) is 4.42 Å². The zero-order valence-corrected chi connectivity index (χ0v) is 15.8. The molecular weight excluding hydrogens is 342 g/mol. The highest BCUT2D eigenvalue weighted by atomic mass is 16.3. The number of amides is 3. The fourth-order valence-electron chi connectivity index (χ4n) is 3.18. The lowest BCUT2D eigenvalue weighted by molar-refractivity contribution is 0.0962. The van der Waals surface area contributed by atoms with Crippen LogP contribution in [0.2, 0.25) is 0 Å². The van der Waals surface area contributed by atoms with E-state index in [0.717, 1.165) is 22.3 Å². The molecule has 0 bridgehead atoms. The number of furan rings is 1. The van der Waals surface area contributed by atoms with Gasteiger partial charge < -0.3 is 20.4 Å². The van der Waals surface area contributed by atoms with Crippen molar-refractivity contribution in [1.82, 2.24) is 10.6 Å². The maximum Gasteiger partial charge on any atom is 0.319 e. The van der Waals surface area contributed by atoms with Gasteiger partial charge in [-0.3, -0.25) is 4.79 Å². The Morgan fingerprint density at radius 1 is 1.00 bits per heavy atom. The third-order valence-corrected chi connectivity index (χ3v) is 4.68. The summed E-state index contributed by atoms with van der Waals surface area (Å²) in [6.07, 6.45) is 0. The fraction of sp³-hybridized carbons (Fsp3) is 0.238. The number of aryl methyl sites for hydroxylation is 1. The first-order chi connectivity index (χ1) is 12.9. The van der Waals surface area contributed by atoms with Crippen LogP contribution >= 0.6 is 0 Å². The molecule has 1 unspecified atom stereocenters. The molecule has 0 aliphatic rings. The predicted octanol–water partition coefficient (Wildman–Crippen LogP) is 4.29. The van der Waals surface area contributed by atoms with Crippen molar-refractivity contribution in [2.45, 2.75) is 26.8 Å². The van der Waals surface area contributed by atoms with Crippen molar-refractivity contribution >= 4 is 28.6 Å². The molecule has 1 heterocycles. The first-order valence-electron chi connectivity index (χ1n) is 8.79. The van der Waals surface area contributed by atoms with Gasteiger partial charge in [-0.2, -0.15) is 0 Å². The Bertz CT molecular complexity index is 1010. The summed E-state index contributed by atoms with van der Waals surface area (Å²) in [6.45, 7) is 5.65. The van der Waals surface area contributed by atoms with Crippen LogP contribution in [0.5, 0.6) is 0 Å². The number of nitrogens with one attached hydrogen (secondary N) is 3. The minimum absolute atomic E-state index is 0.192. The number of carbonyl (C=O) groups excluding carboxylic acids is 2. The van der Waals surface area contributed by atoms with Crippen LogP contribution in [-0.4, -0.2) is 19.0 Å². The number of hydrogen-bond acceptors (Lipinski definition) is 3. The summed E-state index contributed by atoms with van der Waals surface area (Å²) in [4.78, 5) is 24.4. The number of hydrogen-bond donors (Lipinski definition) is 3. The Kier molecular flexibility index (Phi) is 5.16. The van der Waals surface area contributed by atoms with E-state index >= 15 is 0 Å². The van der Waals surface area contributed by atoms with Gasteiger partial charge in [-0.1, -0.05) is 24.3 Å². The van der Waals surface area contributed by atoms with Gasteiger partial charge in [-0.05, 0) is 44.5 Å². The van der Waals surface area contributed by atoms with Crippen LogP contribution in [0.25, 0.3) is 11.0 Å². The van der Waals surface area contributed by atoms with Crippen LogP contribution in [0.4, 0.5) is 10.5 Å². The second-order valence-electron chi connectivity index (χ2n) is 6.46. The Balaban J connectivity index is 1.76. The number of fused-ring (bicyclic) bond motifs is 1. The van der Waals surface area contributed by atoms with Crippen LogP contribution < -0.4 is 16.0 Å². The molecule has 2 aromatic carbocycles. The van der Waals surface area contributed by atoms with E-state index < -0.39 is 0 Å². The van der Waals surface area contributed by atoms with Gasteiger partial charge in [0.25, 0.3) is 5.91 Å². The van der Waals surface area contributed by atoms with E-state index in [9.17, 15) is 9.59 Å². The van der Waals surface area contributed by atoms with Gasteiger partial charge in [0.15, 0.2) is 0 Å². The quantitative estimate of drug-likeness (QED) is 0.645. The standard InChI is InChI=1S/C21H23N3O3/c1-12-16(20(25)22-4)9-7-10-17(12)24-21(26)23-14(3)19-13(2)15-8-5-6-11-18(15)27-19/h5-11,14H,1-4H3,(H,22,25)(H2,23,24,26). The zero-order valence-electron chi connectivity index (χ0n) is 15.8. The van der Waals surface area contributed by atoms with Crippen LogP contribution in [0.15, 0.2) is 46.9 Å². The second-order valence-corrected chi connectivity index (χ2v) is 6.46. The largest absolute Gasteiger partial charge is 0.459 e. The molecule has 0 spiro atoms. The number of benzene rings is 2. The van der Waals surface area contributed by atoms with Crippen LogP contribution in [0.1, 0.15) is 40.2 Å². The number of urea groups is 1. The Hall–Kier alpha value is -3.28. The van der Waals surface area contributed by atoms with E-state index in [0.29, 0.717) is 16.8 Å². The molecule has 0 saturated heterocycles. The zero-order chi connectivity index (χ0) is 19.6. The minimum Gasteiger partial charge on any atom is -0.459 e. The van der Waals surface area contributed by atoms with Gasteiger partial charge in [0.2, 0.25) is 0 Å². The summed E-state index contributed by atoms with van der Waals surface area (Å²) < 4.78 is 5.91. The predicted molar refractivity (Wildman–Crippen MR) is 106 cm³/mol. The number of para-hydroxylation sites is 1. The van der Waals surface area contributed by atoms with E-state index in [1.54, 1.807) is 32.2 Å². The highest BCUT2D eigenvalue weighted by Crippen LogP contribution is 2.29. The highest BCUT2D eigenvalue weighted by molar-refractivity contribution is 5.99. The third kappa shape index (κ3) is 3.65. The molecule has 0 radical (unpaired) electrons. The molecule has 0 fully saturated rings. The smallest absolute Gasteiger partial charge is 0.319 e. The summed E-state index contributed by atoms with van der Waals surface area (Å²) in [7, 11) is 1.58. The van der Waals surface area contributed by atoms with Gasteiger partial charge in [0.1, 0.15) is 11.3 Å². The first kappa shape index (κ1) is 18.5. The molecule has 3 rings (SSSR count). The molecule has 140 valence electrons. The van der Waals surface area contributed by atoms with Crippen molar-refractivity contribution in [3.05, 3.63) is 64.9 Å². The molecule has 6 heteroatoms. The fourth-order valence-corrected chi connectivity index (χ4v) is 3.18. The van der Waals surface area contributed by atoms with Crippen molar-refractivity contribution in [3.63, 3.8) is 0 Å². The molecule has 3 amide bonds. The normalized spacial score (nSPS) is 11.9. The average molecular weight is 365 g/mol. The van der Waals surface area contributed by atoms with Crippen molar-refractivity contribution in [2.75, 3.05) is 12.4 Å². The molecule has 3 N–H and O–H groups in total. The molecule has 6 nitrogen and oxygen atoms in total. The molecule has 1 aromatic heterocycles. The lowest BCUT2D eigenvalue weighted by Crippen LogP contribution is -2.31. The maximum absolute atomic E-state index is 12.5. The van der Waals surface area contributed by atoms with Gasteiger partial charge >= 0.3 is 6.03 Å².